The zero-order chi connectivity index (χ0) is 26.6. The maximum Gasteiger partial charge on any atom is 0.305 e. The Bertz CT molecular complexity index is 899. The van der Waals surface area contributed by atoms with E-state index < -0.39 is 40.9 Å². The van der Waals surface area contributed by atoms with Crippen molar-refractivity contribution in [1.29, 1.82) is 0 Å². The number of aliphatic carboxylic acids is 1. The first-order chi connectivity index (χ1) is 17.2. The summed E-state index contributed by atoms with van der Waals surface area (Å²) in [4.78, 5) is 83.2. The summed E-state index contributed by atoms with van der Waals surface area (Å²) in [7, 11) is 0. The van der Waals surface area contributed by atoms with Gasteiger partial charge in [0, 0.05) is 55.4 Å². The second-order valence-electron chi connectivity index (χ2n) is 8.44. The number of imide groups is 2. The molecule has 36 heavy (non-hydrogen) atoms. The Balaban J connectivity index is 2.12. The van der Waals surface area contributed by atoms with Gasteiger partial charge in [0.2, 0.25) is 5.91 Å². The predicted octanol–water partition coefficient (Wildman–Crippen LogP) is -0.254. The Hall–Kier alpha value is -3.93. The molecule has 0 aromatic rings. The van der Waals surface area contributed by atoms with E-state index in [0.717, 1.165) is 22.0 Å². The van der Waals surface area contributed by atoms with Crippen molar-refractivity contribution in [2.45, 2.75) is 32.1 Å². The summed E-state index contributed by atoms with van der Waals surface area (Å²) in [6, 6.07) is 0. The summed E-state index contributed by atoms with van der Waals surface area (Å²) in [5.41, 5.74) is -0.776. The van der Waals surface area contributed by atoms with E-state index in [-0.39, 0.29) is 39.3 Å². The van der Waals surface area contributed by atoms with Crippen LogP contribution in [0.4, 0.5) is 0 Å². The normalized spacial score (nSPS) is 15.6. The van der Waals surface area contributed by atoms with Crippen LogP contribution < -0.4 is 5.32 Å². The first-order valence-electron chi connectivity index (χ1n) is 11.4. The van der Waals surface area contributed by atoms with Crippen molar-refractivity contribution in [3.63, 3.8) is 0 Å². The van der Waals surface area contributed by atoms with Crippen molar-refractivity contribution < 1.29 is 43.4 Å². The Kier molecular flexibility index (Phi) is 10.9. The number of allylic oxidation sites excluding steroid dienone is 1. The molecule has 2 aliphatic rings. The van der Waals surface area contributed by atoms with E-state index in [1.807, 2.05) is 0 Å². The molecule has 0 unspecified atom stereocenters. The van der Waals surface area contributed by atoms with E-state index in [4.69, 9.17) is 9.84 Å². The maximum absolute atomic E-state index is 12.1. The van der Waals surface area contributed by atoms with Crippen LogP contribution in [0.5, 0.6) is 0 Å². The molecule has 12 nitrogen and oxygen atoms in total. The first-order valence-corrected chi connectivity index (χ1v) is 11.4. The van der Waals surface area contributed by atoms with Gasteiger partial charge in [0.25, 0.3) is 23.6 Å². The van der Waals surface area contributed by atoms with Gasteiger partial charge in [-0.3, -0.25) is 43.4 Å². The monoisotopic (exact) mass is 503 g/mol. The summed E-state index contributed by atoms with van der Waals surface area (Å²) >= 11 is 0. The summed E-state index contributed by atoms with van der Waals surface area (Å²) < 4.78 is 5.63. The van der Waals surface area contributed by atoms with Crippen LogP contribution in [0.1, 0.15) is 32.1 Å². The Morgan fingerprint density at radius 3 is 1.86 bits per heavy atom. The highest BCUT2D eigenvalue weighted by Gasteiger charge is 2.33. The average Bonchev–Trinajstić information content (AvgIpc) is 3.34. The van der Waals surface area contributed by atoms with Gasteiger partial charge in [-0.05, 0) is 31.8 Å². The highest BCUT2D eigenvalue weighted by atomic mass is 16.5. The molecule has 0 spiro atoms. The number of nitrogens with zero attached hydrogens (tertiary/aromatic N) is 2. The highest BCUT2D eigenvalue weighted by molar-refractivity contribution is 6.13. The zero-order valence-electron chi connectivity index (χ0n) is 19.7. The van der Waals surface area contributed by atoms with Crippen molar-refractivity contribution in [2.24, 2.45) is 5.41 Å². The molecule has 0 fully saturated rings. The van der Waals surface area contributed by atoms with Gasteiger partial charge in [0.1, 0.15) is 6.29 Å². The third kappa shape index (κ3) is 8.69. The number of ether oxygens (including phenoxy) is 1. The topological polar surface area (TPSA) is 167 Å². The summed E-state index contributed by atoms with van der Waals surface area (Å²) in [5, 5.41) is 11.6. The largest absolute Gasteiger partial charge is 0.481 e. The van der Waals surface area contributed by atoms with Crippen molar-refractivity contribution in [2.75, 3.05) is 32.8 Å². The average molecular weight is 504 g/mol. The van der Waals surface area contributed by atoms with Crippen LogP contribution in [0.3, 0.4) is 0 Å². The Labute approximate surface area is 207 Å². The van der Waals surface area contributed by atoms with Crippen LogP contribution >= 0.6 is 0 Å². The Morgan fingerprint density at radius 1 is 0.917 bits per heavy atom. The van der Waals surface area contributed by atoms with Crippen molar-refractivity contribution in [1.82, 2.24) is 15.1 Å². The fourth-order valence-electron chi connectivity index (χ4n) is 3.93. The quantitative estimate of drug-likeness (QED) is 0.118. The van der Waals surface area contributed by atoms with E-state index >= 15 is 0 Å². The smallest absolute Gasteiger partial charge is 0.305 e. The molecule has 5 amide bonds. The summed E-state index contributed by atoms with van der Waals surface area (Å²) in [5.74, 6) is -3.25. The van der Waals surface area contributed by atoms with Crippen LogP contribution in [-0.2, 0) is 38.3 Å². The van der Waals surface area contributed by atoms with Gasteiger partial charge in [-0.1, -0.05) is 0 Å². The minimum Gasteiger partial charge on any atom is -0.481 e. The lowest BCUT2D eigenvalue weighted by Crippen LogP contribution is -2.42. The first kappa shape index (κ1) is 28.3. The standard InChI is InChI=1S/C24H29N3O9/c28-14-1-4-18(29)25-16-24(17-36-15-9-23(34)35,10-2-12-26-19(30)5-6-20(26)31)11-3-13-27-21(32)7-8-22(27)33/h1,4-8,14H,2-3,9-13,15-17H2,(H,25,29)(H,34,35)/b4-1-. The molecule has 2 rings (SSSR count). The van der Waals surface area contributed by atoms with E-state index in [1.165, 1.54) is 24.3 Å². The van der Waals surface area contributed by atoms with Crippen LogP contribution in [0.2, 0.25) is 0 Å². The van der Waals surface area contributed by atoms with Gasteiger partial charge in [-0.15, -0.1) is 0 Å². The molecular formula is C24H29N3O9. The molecule has 0 atom stereocenters. The third-order valence-electron chi connectivity index (χ3n) is 5.81. The number of carbonyl (C=O) groups excluding carboxylic acids is 6. The minimum atomic E-state index is -1.04. The second-order valence-corrected chi connectivity index (χ2v) is 8.44. The maximum atomic E-state index is 12.1. The molecule has 194 valence electrons. The molecule has 2 heterocycles. The third-order valence-corrected chi connectivity index (χ3v) is 5.81. The minimum absolute atomic E-state index is 0.0399. The fourth-order valence-corrected chi connectivity index (χ4v) is 3.93. The van der Waals surface area contributed by atoms with E-state index in [1.54, 1.807) is 0 Å². The molecule has 0 saturated carbocycles. The van der Waals surface area contributed by atoms with Gasteiger partial charge in [0.05, 0.1) is 19.6 Å². The SMILES string of the molecule is O=C/C=C\C(=O)NCC(CCCN1C(=O)C=CC1=O)(CCCN1C(=O)C=CC1=O)COCCC(=O)O. The molecule has 0 radical (unpaired) electrons. The van der Waals surface area contributed by atoms with Crippen LogP contribution in [-0.4, -0.2) is 89.5 Å². The van der Waals surface area contributed by atoms with Crippen LogP contribution in [0.15, 0.2) is 36.5 Å². The number of carboxylic acid groups (broad SMARTS) is 1. The van der Waals surface area contributed by atoms with Gasteiger partial charge in [0.15, 0.2) is 0 Å². The zero-order valence-corrected chi connectivity index (χ0v) is 19.7. The fraction of sp³-hybridized carbons (Fsp3) is 0.458. The molecule has 2 N–H and O–H groups in total. The molecule has 0 aliphatic carbocycles. The highest BCUT2D eigenvalue weighted by Crippen LogP contribution is 2.31. The molecule has 0 aromatic carbocycles. The lowest BCUT2D eigenvalue weighted by atomic mass is 9.79. The van der Waals surface area contributed by atoms with E-state index in [2.05, 4.69) is 5.32 Å². The number of nitrogens with one attached hydrogen (secondary N) is 1. The molecule has 0 bridgehead atoms. The number of amides is 5. The number of hydrogen-bond acceptors (Lipinski definition) is 8. The molecule has 0 aromatic heterocycles. The number of aldehydes is 1. The number of hydrogen-bond donors (Lipinski definition) is 2. The Morgan fingerprint density at radius 2 is 1.42 bits per heavy atom. The van der Waals surface area contributed by atoms with Gasteiger partial charge in [-0.2, -0.15) is 0 Å². The van der Waals surface area contributed by atoms with Crippen molar-refractivity contribution in [3.05, 3.63) is 36.5 Å². The summed E-state index contributed by atoms with van der Waals surface area (Å²) in [6.45, 7) is 0.303. The summed E-state index contributed by atoms with van der Waals surface area (Å²) in [6.07, 6.45) is 8.53. The lowest BCUT2D eigenvalue weighted by molar-refractivity contribution is -0.139. The van der Waals surface area contributed by atoms with Crippen LogP contribution in [0.25, 0.3) is 0 Å². The predicted molar refractivity (Wildman–Crippen MR) is 124 cm³/mol. The van der Waals surface area contributed by atoms with Gasteiger partial charge >= 0.3 is 5.97 Å². The number of carboxylic acids is 1. The van der Waals surface area contributed by atoms with Gasteiger partial charge in [-0.25, -0.2) is 0 Å². The lowest BCUT2D eigenvalue weighted by Gasteiger charge is -2.35. The molecule has 12 heteroatoms. The van der Waals surface area contributed by atoms with E-state index in [0.29, 0.717) is 32.0 Å². The van der Waals surface area contributed by atoms with E-state index in [9.17, 15) is 33.6 Å². The van der Waals surface area contributed by atoms with Crippen molar-refractivity contribution in [3.8, 4) is 0 Å². The second kappa shape index (κ2) is 13.8. The molecule has 2 aliphatic heterocycles. The number of carbonyl (C=O) groups is 7. The van der Waals surface area contributed by atoms with Crippen molar-refractivity contribution >= 4 is 41.8 Å². The van der Waals surface area contributed by atoms with Crippen LogP contribution in [0, 0.1) is 5.41 Å². The van der Waals surface area contributed by atoms with Gasteiger partial charge < -0.3 is 15.2 Å². The molecule has 0 saturated heterocycles. The number of rotatable bonds is 17. The molecular weight excluding hydrogens is 474 g/mol.